The molecule has 0 spiro atoms. The highest BCUT2D eigenvalue weighted by Crippen LogP contribution is 2.30. The minimum Gasteiger partial charge on any atom is -0.342 e. The van der Waals surface area contributed by atoms with Crippen molar-refractivity contribution in [3.8, 4) is 6.07 Å². The van der Waals surface area contributed by atoms with Gasteiger partial charge in [0.05, 0.1) is 22.9 Å². The molecule has 2 heterocycles. The van der Waals surface area contributed by atoms with Crippen LogP contribution in [0.15, 0.2) is 46.0 Å². The van der Waals surface area contributed by atoms with Crippen molar-refractivity contribution in [3.63, 3.8) is 0 Å². The van der Waals surface area contributed by atoms with E-state index < -0.39 is 5.82 Å². The third-order valence-corrected chi connectivity index (χ3v) is 8.33. The summed E-state index contributed by atoms with van der Waals surface area (Å²) in [5.74, 6) is -0.334. The standard InChI is InChI=1S/C32H35FN4O4/c1-20(2)37-28-10-9-24(17-26(28)31(40)36(32(37)41)19-22-5-6-22)29(38)15-21-4-3-12-35(13-11-21)30(39)16-23-7-8-25(18-34)27(33)14-23/h7-10,14,17,20-22H,3-6,11-13,15-16,19H2,1-2H3. The predicted molar refractivity (Wildman–Crippen MR) is 153 cm³/mol. The second kappa shape index (κ2) is 11.8. The van der Waals surface area contributed by atoms with Gasteiger partial charge < -0.3 is 4.90 Å². The molecule has 0 bridgehead atoms. The largest absolute Gasteiger partial charge is 0.342 e. The van der Waals surface area contributed by atoms with Gasteiger partial charge in [-0.25, -0.2) is 9.18 Å². The number of nitriles is 1. The number of amides is 1. The number of halogens is 1. The molecule has 1 aliphatic carbocycles. The monoisotopic (exact) mass is 558 g/mol. The Morgan fingerprint density at radius 2 is 1.80 bits per heavy atom. The number of carbonyl (C=O) groups excluding carboxylic acids is 2. The molecule has 0 N–H and O–H groups in total. The lowest BCUT2D eigenvalue weighted by Gasteiger charge is -2.21. The Kier molecular flexibility index (Phi) is 8.20. The van der Waals surface area contributed by atoms with Crippen molar-refractivity contribution in [2.75, 3.05) is 13.1 Å². The van der Waals surface area contributed by atoms with E-state index in [1.165, 1.54) is 16.7 Å². The summed E-state index contributed by atoms with van der Waals surface area (Å²) in [7, 11) is 0. The topological polar surface area (TPSA) is 105 Å². The van der Waals surface area contributed by atoms with Crippen LogP contribution in [0.3, 0.4) is 0 Å². The van der Waals surface area contributed by atoms with Crippen LogP contribution in [0.5, 0.6) is 0 Å². The zero-order chi connectivity index (χ0) is 29.3. The van der Waals surface area contributed by atoms with E-state index in [2.05, 4.69) is 0 Å². The molecule has 2 aliphatic rings. The second-order valence-electron chi connectivity index (χ2n) is 11.7. The molecular weight excluding hydrogens is 523 g/mol. The number of nitrogens with zero attached hydrogens (tertiary/aromatic N) is 4. The molecule has 1 unspecified atom stereocenters. The quantitative estimate of drug-likeness (QED) is 0.376. The first kappa shape index (κ1) is 28.5. The van der Waals surface area contributed by atoms with Crippen LogP contribution >= 0.6 is 0 Å². The van der Waals surface area contributed by atoms with Crippen molar-refractivity contribution < 1.29 is 14.0 Å². The van der Waals surface area contributed by atoms with Crippen LogP contribution in [0, 0.1) is 29.0 Å². The number of likely N-dealkylation sites (tertiary alicyclic amines) is 1. The SMILES string of the molecule is CC(C)n1c(=O)n(CC2CC2)c(=O)c2cc(C(=O)CC3CCCN(C(=O)Cc4ccc(C#N)c(F)c4)CC3)ccc21. The van der Waals surface area contributed by atoms with Gasteiger partial charge in [0.2, 0.25) is 5.91 Å². The van der Waals surface area contributed by atoms with Gasteiger partial charge in [0.15, 0.2) is 5.78 Å². The Morgan fingerprint density at radius 3 is 2.49 bits per heavy atom. The van der Waals surface area contributed by atoms with Gasteiger partial charge in [0.25, 0.3) is 5.56 Å². The average Bonchev–Trinajstić information content (AvgIpc) is 3.78. The maximum atomic E-state index is 14.0. The summed E-state index contributed by atoms with van der Waals surface area (Å²) in [5, 5.41) is 9.30. The highest BCUT2D eigenvalue weighted by Gasteiger charge is 2.26. The van der Waals surface area contributed by atoms with Crippen LogP contribution in [0.1, 0.15) is 79.9 Å². The summed E-state index contributed by atoms with van der Waals surface area (Å²) >= 11 is 0. The van der Waals surface area contributed by atoms with Gasteiger partial charge in [-0.15, -0.1) is 0 Å². The summed E-state index contributed by atoms with van der Waals surface area (Å²) in [6.07, 6.45) is 4.64. The summed E-state index contributed by atoms with van der Waals surface area (Å²) in [4.78, 5) is 54.5. The molecule has 1 amide bonds. The molecule has 0 radical (unpaired) electrons. The average molecular weight is 559 g/mol. The lowest BCUT2D eigenvalue weighted by atomic mass is 9.92. The third kappa shape index (κ3) is 6.17. The molecule has 214 valence electrons. The molecule has 1 saturated carbocycles. The van der Waals surface area contributed by atoms with E-state index in [1.54, 1.807) is 39.8 Å². The van der Waals surface area contributed by atoms with Crippen molar-refractivity contribution >= 4 is 22.6 Å². The lowest BCUT2D eigenvalue weighted by molar-refractivity contribution is -0.130. The van der Waals surface area contributed by atoms with Crippen LogP contribution < -0.4 is 11.2 Å². The lowest BCUT2D eigenvalue weighted by Crippen LogP contribution is -2.41. The van der Waals surface area contributed by atoms with Crippen molar-refractivity contribution in [1.82, 2.24) is 14.0 Å². The number of benzene rings is 2. The fourth-order valence-corrected chi connectivity index (χ4v) is 5.82. The van der Waals surface area contributed by atoms with E-state index in [1.807, 2.05) is 13.8 Å². The van der Waals surface area contributed by atoms with Crippen molar-refractivity contribution in [3.05, 3.63) is 79.7 Å². The number of hydrogen-bond donors (Lipinski definition) is 0. The smallest absolute Gasteiger partial charge is 0.331 e. The maximum Gasteiger partial charge on any atom is 0.331 e. The molecule has 41 heavy (non-hydrogen) atoms. The summed E-state index contributed by atoms with van der Waals surface area (Å²) in [6, 6.07) is 10.9. The summed E-state index contributed by atoms with van der Waals surface area (Å²) in [5.41, 5.74) is 0.844. The van der Waals surface area contributed by atoms with Gasteiger partial charge in [0, 0.05) is 37.7 Å². The zero-order valence-electron chi connectivity index (χ0n) is 23.6. The predicted octanol–water partition coefficient (Wildman–Crippen LogP) is 4.61. The summed E-state index contributed by atoms with van der Waals surface area (Å²) in [6.45, 7) is 5.32. The van der Waals surface area contributed by atoms with Gasteiger partial charge in [-0.05, 0) is 93.7 Å². The van der Waals surface area contributed by atoms with E-state index in [0.29, 0.717) is 60.4 Å². The van der Waals surface area contributed by atoms with Gasteiger partial charge in [-0.3, -0.25) is 23.5 Å². The van der Waals surface area contributed by atoms with Crippen LogP contribution in [0.2, 0.25) is 0 Å². The van der Waals surface area contributed by atoms with E-state index >= 15 is 0 Å². The molecule has 1 saturated heterocycles. The number of aromatic nitrogens is 2. The van der Waals surface area contributed by atoms with Gasteiger partial charge in [-0.1, -0.05) is 6.07 Å². The van der Waals surface area contributed by atoms with E-state index in [0.717, 1.165) is 25.7 Å². The van der Waals surface area contributed by atoms with Crippen molar-refractivity contribution in [1.29, 1.82) is 5.26 Å². The number of Topliss-reactive ketones (excluding diaryl/α,β-unsaturated/α-hetero) is 1. The highest BCUT2D eigenvalue weighted by atomic mass is 19.1. The van der Waals surface area contributed by atoms with E-state index in [9.17, 15) is 23.6 Å². The fourth-order valence-electron chi connectivity index (χ4n) is 5.82. The molecule has 5 rings (SSSR count). The molecule has 8 nitrogen and oxygen atoms in total. The van der Waals surface area contributed by atoms with E-state index in [4.69, 9.17) is 5.26 Å². The van der Waals surface area contributed by atoms with Crippen LogP contribution in [0.25, 0.3) is 10.9 Å². The number of rotatable bonds is 8. The molecule has 1 atom stereocenters. The van der Waals surface area contributed by atoms with E-state index in [-0.39, 0.29) is 46.9 Å². The second-order valence-corrected chi connectivity index (χ2v) is 11.7. The van der Waals surface area contributed by atoms with Crippen LogP contribution in [-0.4, -0.2) is 38.8 Å². The molecule has 9 heteroatoms. The highest BCUT2D eigenvalue weighted by molar-refractivity contribution is 5.99. The first-order chi connectivity index (χ1) is 19.7. The minimum absolute atomic E-state index is 0.0481. The number of hydrogen-bond acceptors (Lipinski definition) is 5. The van der Waals surface area contributed by atoms with Crippen molar-refractivity contribution in [2.45, 2.75) is 71.4 Å². The maximum absolute atomic E-state index is 14.0. The molecule has 1 aliphatic heterocycles. The Bertz CT molecular complexity index is 1660. The molecule has 1 aromatic heterocycles. The number of carbonyl (C=O) groups is 2. The first-order valence-electron chi connectivity index (χ1n) is 14.4. The van der Waals surface area contributed by atoms with Gasteiger partial charge in [-0.2, -0.15) is 5.26 Å². The Morgan fingerprint density at radius 1 is 1.02 bits per heavy atom. The van der Waals surface area contributed by atoms with Gasteiger partial charge in [0.1, 0.15) is 11.9 Å². The molecular formula is C32H35FN4O4. The minimum atomic E-state index is -0.629. The Labute approximate surface area is 238 Å². The molecule has 3 aromatic rings. The molecule has 2 fully saturated rings. The van der Waals surface area contributed by atoms with Gasteiger partial charge >= 0.3 is 5.69 Å². The fraction of sp³-hybridized carbons (Fsp3) is 0.469. The van der Waals surface area contributed by atoms with Crippen LogP contribution in [0.4, 0.5) is 4.39 Å². The zero-order valence-corrected chi connectivity index (χ0v) is 23.6. The number of fused-ring (bicyclic) bond motifs is 1. The molecule has 2 aromatic carbocycles. The Balaban J connectivity index is 1.28. The normalized spacial score (nSPS) is 17.4. The first-order valence-corrected chi connectivity index (χ1v) is 14.4. The third-order valence-electron chi connectivity index (χ3n) is 8.33. The summed E-state index contributed by atoms with van der Waals surface area (Å²) < 4.78 is 16.9. The van der Waals surface area contributed by atoms with Crippen molar-refractivity contribution in [2.24, 2.45) is 11.8 Å². The van der Waals surface area contributed by atoms with Crippen LogP contribution in [-0.2, 0) is 17.8 Å². The Hall–Kier alpha value is -4.06. The number of ketones is 1.